The molecule has 0 bridgehead atoms. The Balaban J connectivity index is 1.99. The van der Waals surface area contributed by atoms with Gasteiger partial charge in [0.25, 0.3) is 0 Å². The Morgan fingerprint density at radius 1 is 1.47 bits per heavy atom. The Kier molecular flexibility index (Phi) is 5.82. The number of hydrogen-bond donors (Lipinski definition) is 1. The average molecular weight is 282 g/mol. The highest BCUT2D eigenvalue weighted by Crippen LogP contribution is 2.24. The number of nitrogens with zero attached hydrogens (tertiary/aromatic N) is 1. The highest BCUT2D eigenvalue weighted by molar-refractivity contribution is 7.12. The van der Waals surface area contributed by atoms with Crippen LogP contribution in [0.4, 0.5) is 0 Å². The smallest absolute Gasteiger partial charge is 0.0622 e. The van der Waals surface area contributed by atoms with E-state index in [1.165, 1.54) is 21.7 Å². The summed E-state index contributed by atoms with van der Waals surface area (Å²) in [4.78, 5) is 5.50. The fraction of sp³-hybridized carbons (Fsp3) is 0.733. The van der Waals surface area contributed by atoms with Crippen molar-refractivity contribution in [3.05, 3.63) is 21.4 Å². The SMILES string of the molecule is CCNCc1cc(CN2CCOCC2CC)c(C)s1. The summed E-state index contributed by atoms with van der Waals surface area (Å²) in [5, 5.41) is 3.41. The van der Waals surface area contributed by atoms with Crippen LogP contribution < -0.4 is 5.32 Å². The molecule has 1 atom stereocenters. The lowest BCUT2D eigenvalue weighted by Gasteiger charge is -2.35. The van der Waals surface area contributed by atoms with Crippen LogP contribution in [0.3, 0.4) is 0 Å². The van der Waals surface area contributed by atoms with Gasteiger partial charge in [-0.15, -0.1) is 11.3 Å². The van der Waals surface area contributed by atoms with Gasteiger partial charge in [-0.2, -0.15) is 0 Å². The number of nitrogens with one attached hydrogen (secondary N) is 1. The van der Waals surface area contributed by atoms with Gasteiger partial charge in [-0.25, -0.2) is 0 Å². The van der Waals surface area contributed by atoms with Gasteiger partial charge in [0.1, 0.15) is 0 Å². The Bertz CT molecular complexity index is 391. The predicted molar refractivity (Wildman–Crippen MR) is 81.7 cm³/mol. The van der Waals surface area contributed by atoms with E-state index in [9.17, 15) is 0 Å². The van der Waals surface area contributed by atoms with Crippen molar-refractivity contribution in [2.45, 2.75) is 46.3 Å². The van der Waals surface area contributed by atoms with Crippen LogP contribution in [-0.4, -0.2) is 37.2 Å². The van der Waals surface area contributed by atoms with Crippen LogP contribution in [0, 0.1) is 6.92 Å². The second kappa shape index (κ2) is 7.39. The third-order valence-corrected chi connectivity index (χ3v) is 4.91. The maximum absolute atomic E-state index is 5.58. The molecule has 1 fully saturated rings. The zero-order valence-corrected chi connectivity index (χ0v) is 13.2. The quantitative estimate of drug-likeness (QED) is 0.868. The van der Waals surface area contributed by atoms with E-state index in [4.69, 9.17) is 4.74 Å². The fourth-order valence-corrected chi connectivity index (χ4v) is 3.60. The van der Waals surface area contributed by atoms with E-state index in [-0.39, 0.29) is 0 Å². The topological polar surface area (TPSA) is 24.5 Å². The first-order chi connectivity index (χ1) is 9.24. The highest BCUT2D eigenvalue weighted by Gasteiger charge is 2.22. The number of morpholine rings is 1. The van der Waals surface area contributed by atoms with Gasteiger partial charge in [-0.1, -0.05) is 13.8 Å². The maximum Gasteiger partial charge on any atom is 0.0622 e. The molecule has 0 aliphatic carbocycles. The molecule has 19 heavy (non-hydrogen) atoms. The molecule has 0 spiro atoms. The van der Waals surface area contributed by atoms with E-state index < -0.39 is 0 Å². The summed E-state index contributed by atoms with van der Waals surface area (Å²) >= 11 is 1.93. The van der Waals surface area contributed by atoms with Gasteiger partial charge < -0.3 is 10.1 Å². The van der Waals surface area contributed by atoms with Crippen LogP contribution >= 0.6 is 11.3 Å². The van der Waals surface area contributed by atoms with Crippen LogP contribution in [0.15, 0.2) is 6.07 Å². The minimum atomic E-state index is 0.588. The molecule has 2 rings (SSSR count). The Morgan fingerprint density at radius 2 is 2.32 bits per heavy atom. The summed E-state index contributed by atoms with van der Waals surface area (Å²) in [6.07, 6.45) is 1.17. The molecule has 0 aromatic carbocycles. The molecule has 0 saturated carbocycles. The molecule has 2 heterocycles. The number of rotatable bonds is 6. The maximum atomic E-state index is 5.58. The van der Waals surface area contributed by atoms with Crippen LogP contribution in [0.1, 0.15) is 35.6 Å². The second-order valence-electron chi connectivity index (χ2n) is 5.18. The predicted octanol–water partition coefficient (Wildman–Crippen LogP) is 2.78. The third-order valence-electron chi connectivity index (χ3n) is 3.82. The number of hydrogen-bond acceptors (Lipinski definition) is 4. The van der Waals surface area contributed by atoms with Crippen molar-refractivity contribution in [3.8, 4) is 0 Å². The minimum Gasteiger partial charge on any atom is -0.378 e. The largest absolute Gasteiger partial charge is 0.378 e. The summed E-state index contributed by atoms with van der Waals surface area (Å²) in [7, 11) is 0. The molecule has 1 aromatic rings. The Labute approximate surface area is 121 Å². The summed E-state index contributed by atoms with van der Waals surface area (Å²) in [6.45, 7) is 12.6. The molecule has 1 unspecified atom stereocenters. The molecule has 108 valence electrons. The molecular weight excluding hydrogens is 256 g/mol. The van der Waals surface area contributed by atoms with Crippen molar-refractivity contribution >= 4 is 11.3 Å². The van der Waals surface area contributed by atoms with E-state index in [1.807, 2.05) is 11.3 Å². The Hall–Kier alpha value is -0.420. The minimum absolute atomic E-state index is 0.588. The van der Waals surface area contributed by atoms with Gasteiger partial charge in [0.15, 0.2) is 0 Å². The molecule has 4 heteroatoms. The van der Waals surface area contributed by atoms with Crippen molar-refractivity contribution in [1.29, 1.82) is 0 Å². The number of thiophene rings is 1. The van der Waals surface area contributed by atoms with Gasteiger partial charge in [0.05, 0.1) is 13.2 Å². The summed E-state index contributed by atoms with van der Waals surface area (Å²) in [5.41, 5.74) is 1.50. The fourth-order valence-electron chi connectivity index (χ4n) is 2.57. The first-order valence-corrected chi connectivity index (χ1v) is 8.17. The summed E-state index contributed by atoms with van der Waals surface area (Å²) in [6, 6.07) is 2.97. The monoisotopic (exact) mass is 282 g/mol. The number of ether oxygens (including phenoxy) is 1. The van der Waals surface area contributed by atoms with E-state index in [0.717, 1.165) is 39.4 Å². The lowest BCUT2D eigenvalue weighted by Crippen LogP contribution is -2.44. The molecule has 1 aliphatic rings. The van der Waals surface area contributed by atoms with Gasteiger partial charge in [0, 0.05) is 35.4 Å². The van der Waals surface area contributed by atoms with Crippen LogP contribution in [0.25, 0.3) is 0 Å². The van der Waals surface area contributed by atoms with Crippen LogP contribution in [0.5, 0.6) is 0 Å². The zero-order valence-electron chi connectivity index (χ0n) is 12.4. The van der Waals surface area contributed by atoms with Crippen molar-refractivity contribution in [2.24, 2.45) is 0 Å². The average Bonchev–Trinajstić information content (AvgIpc) is 2.77. The molecule has 1 aliphatic heterocycles. The van der Waals surface area contributed by atoms with Gasteiger partial charge in [-0.3, -0.25) is 4.90 Å². The van der Waals surface area contributed by atoms with Crippen molar-refractivity contribution in [3.63, 3.8) is 0 Å². The lowest BCUT2D eigenvalue weighted by atomic mass is 10.1. The summed E-state index contributed by atoms with van der Waals surface area (Å²) in [5.74, 6) is 0. The first-order valence-electron chi connectivity index (χ1n) is 7.35. The third kappa shape index (κ3) is 4.02. The molecule has 1 N–H and O–H groups in total. The zero-order chi connectivity index (χ0) is 13.7. The first kappa shape index (κ1) is 15.0. The molecule has 0 radical (unpaired) electrons. The van der Waals surface area contributed by atoms with Crippen LogP contribution in [0.2, 0.25) is 0 Å². The second-order valence-corrected chi connectivity index (χ2v) is 6.52. The van der Waals surface area contributed by atoms with Crippen molar-refractivity contribution in [1.82, 2.24) is 10.2 Å². The molecule has 0 amide bonds. The molecule has 3 nitrogen and oxygen atoms in total. The van der Waals surface area contributed by atoms with E-state index in [2.05, 4.69) is 37.1 Å². The van der Waals surface area contributed by atoms with Gasteiger partial charge >= 0.3 is 0 Å². The lowest BCUT2D eigenvalue weighted by molar-refractivity contribution is -0.0127. The van der Waals surface area contributed by atoms with E-state index in [1.54, 1.807) is 0 Å². The van der Waals surface area contributed by atoms with E-state index in [0.29, 0.717) is 6.04 Å². The van der Waals surface area contributed by atoms with E-state index >= 15 is 0 Å². The number of aryl methyl sites for hydroxylation is 1. The standard InChI is InChI=1S/C15H26N2OS/c1-4-14-11-18-7-6-17(14)10-13-8-15(9-16-5-2)19-12(13)3/h8,14,16H,4-7,9-11H2,1-3H3. The van der Waals surface area contributed by atoms with Crippen molar-refractivity contribution in [2.75, 3.05) is 26.3 Å². The molecular formula is C15H26N2OS. The van der Waals surface area contributed by atoms with Crippen molar-refractivity contribution < 1.29 is 4.74 Å². The molecule has 1 saturated heterocycles. The normalized spacial score (nSPS) is 20.9. The molecule has 1 aromatic heterocycles. The van der Waals surface area contributed by atoms with Gasteiger partial charge in [-0.05, 0) is 31.5 Å². The van der Waals surface area contributed by atoms with Crippen LogP contribution in [-0.2, 0) is 17.8 Å². The van der Waals surface area contributed by atoms with Gasteiger partial charge in [0.2, 0.25) is 0 Å². The highest BCUT2D eigenvalue weighted by atomic mass is 32.1. The summed E-state index contributed by atoms with van der Waals surface area (Å²) < 4.78 is 5.58. The Morgan fingerprint density at radius 3 is 3.05 bits per heavy atom.